The summed E-state index contributed by atoms with van der Waals surface area (Å²) in [7, 11) is 0. The van der Waals surface area contributed by atoms with E-state index in [0.717, 1.165) is 22.6 Å². The number of H-pyrrole nitrogens is 1. The molecule has 0 radical (unpaired) electrons. The van der Waals surface area contributed by atoms with E-state index < -0.39 is 0 Å². The molecule has 8 heteroatoms. The van der Waals surface area contributed by atoms with Crippen LogP contribution in [-0.4, -0.2) is 30.6 Å². The second kappa shape index (κ2) is 7.30. The molecule has 0 bridgehead atoms. The number of amides is 1. The van der Waals surface area contributed by atoms with E-state index in [2.05, 4.69) is 25.4 Å². The van der Waals surface area contributed by atoms with Crippen LogP contribution in [-0.2, 0) is 11.2 Å². The first-order chi connectivity index (χ1) is 12.4. The Morgan fingerprint density at radius 1 is 1.23 bits per heavy atom. The summed E-state index contributed by atoms with van der Waals surface area (Å²) in [6.45, 7) is 5.54. The molecule has 0 spiro atoms. The Balaban J connectivity index is 1.76. The van der Waals surface area contributed by atoms with E-state index in [4.69, 9.17) is 0 Å². The van der Waals surface area contributed by atoms with Crippen LogP contribution in [0.25, 0.3) is 5.95 Å². The zero-order valence-corrected chi connectivity index (χ0v) is 14.9. The lowest BCUT2D eigenvalue weighted by atomic mass is 10.1. The van der Waals surface area contributed by atoms with Crippen molar-refractivity contribution < 1.29 is 4.79 Å². The lowest BCUT2D eigenvalue weighted by Gasteiger charge is -2.06. The fraction of sp³-hybridized carbons (Fsp3) is 0.278. The van der Waals surface area contributed by atoms with Gasteiger partial charge in [0.15, 0.2) is 0 Å². The van der Waals surface area contributed by atoms with Gasteiger partial charge in [0.25, 0.3) is 5.56 Å². The Kier molecular flexibility index (Phi) is 4.92. The maximum absolute atomic E-state index is 12.2. The van der Waals surface area contributed by atoms with Gasteiger partial charge in [-0.3, -0.25) is 19.6 Å². The number of nitrogens with one attached hydrogen (secondary N) is 2. The second-order valence-electron chi connectivity index (χ2n) is 6.06. The first-order valence-corrected chi connectivity index (χ1v) is 8.27. The van der Waals surface area contributed by atoms with Crippen LogP contribution in [0.2, 0.25) is 0 Å². The predicted octanol–water partition coefficient (Wildman–Crippen LogP) is 1.85. The number of rotatable bonds is 5. The summed E-state index contributed by atoms with van der Waals surface area (Å²) in [5, 5.41) is 7.31. The van der Waals surface area contributed by atoms with Gasteiger partial charge in [-0.05, 0) is 44.9 Å². The summed E-state index contributed by atoms with van der Waals surface area (Å²) in [5.41, 5.74) is 3.75. The van der Waals surface area contributed by atoms with Gasteiger partial charge in [0.05, 0.1) is 5.69 Å². The summed E-state index contributed by atoms with van der Waals surface area (Å²) in [6, 6.07) is 4.91. The molecule has 1 amide bonds. The number of pyridine rings is 1. The fourth-order valence-corrected chi connectivity index (χ4v) is 2.80. The summed E-state index contributed by atoms with van der Waals surface area (Å²) >= 11 is 0. The average molecular weight is 352 g/mol. The molecule has 0 aliphatic rings. The third kappa shape index (κ3) is 3.85. The Morgan fingerprint density at radius 2 is 1.96 bits per heavy atom. The van der Waals surface area contributed by atoms with Crippen LogP contribution in [0.4, 0.5) is 5.69 Å². The largest absolute Gasteiger partial charge is 0.326 e. The van der Waals surface area contributed by atoms with Crippen LogP contribution in [0, 0.1) is 20.8 Å². The normalized spacial score (nSPS) is 10.7. The van der Waals surface area contributed by atoms with Crippen LogP contribution >= 0.6 is 0 Å². The van der Waals surface area contributed by atoms with Gasteiger partial charge >= 0.3 is 0 Å². The van der Waals surface area contributed by atoms with E-state index >= 15 is 0 Å². The molecule has 0 unspecified atom stereocenters. The molecule has 3 aromatic heterocycles. The lowest BCUT2D eigenvalue weighted by molar-refractivity contribution is -0.116. The second-order valence-corrected chi connectivity index (χ2v) is 6.06. The van der Waals surface area contributed by atoms with Crippen molar-refractivity contribution in [3.05, 3.63) is 63.6 Å². The molecule has 0 atom stereocenters. The van der Waals surface area contributed by atoms with Gasteiger partial charge in [0.2, 0.25) is 11.9 Å². The van der Waals surface area contributed by atoms with Crippen molar-refractivity contribution in [2.24, 2.45) is 0 Å². The molecule has 26 heavy (non-hydrogen) atoms. The molecule has 0 saturated carbocycles. The number of hydrogen-bond acceptors (Lipinski definition) is 5. The highest BCUT2D eigenvalue weighted by Crippen LogP contribution is 2.18. The molecule has 0 fully saturated rings. The predicted molar refractivity (Wildman–Crippen MR) is 97.4 cm³/mol. The standard InChI is InChI=1S/C18H20N6O2/c1-11-10-17(26)22-18(20-11)24-13(3)15(12(2)23-24)4-5-16(25)21-14-6-8-19-9-7-14/h6-10H,4-5H2,1-3H3,(H,19,21,25)(H,20,22,26). The third-order valence-corrected chi connectivity index (χ3v) is 4.07. The zero-order chi connectivity index (χ0) is 18.7. The van der Waals surface area contributed by atoms with Gasteiger partial charge in [-0.2, -0.15) is 5.10 Å². The van der Waals surface area contributed by atoms with Crippen molar-refractivity contribution in [2.75, 3.05) is 5.32 Å². The van der Waals surface area contributed by atoms with Crippen molar-refractivity contribution in [2.45, 2.75) is 33.6 Å². The highest BCUT2D eigenvalue weighted by Gasteiger charge is 2.15. The summed E-state index contributed by atoms with van der Waals surface area (Å²) in [6.07, 6.45) is 4.13. The van der Waals surface area contributed by atoms with Crippen molar-refractivity contribution in [1.82, 2.24) is 24.7 Å². The van der Waals surface area contributed by atoms with Crippen molar-refractivity contribution in [3.63, 3.8) is 0 Å². The van der Waals surface area contributed by atoms with Gasteiger partial charge in [-0.1, -0.05) is 0 Å². The monoisotopic (exact) mass is 352 g/mol. The summed E-state index contributed by atoms with van der Waals surface area (Å²) < 4.78 is 1.61. The SMILES string of the molecule is Cc1cc(=O)[nH]c(-n2nc(C)c(CCC(=O)Nc3ccncc3)c2C)n1. The molecule has 0 saturated heterocycles. The van der Waals surface area contributed by atoms with E-state index in [9.17, 15) is 9.59 Å². The minimum Gasteiger partial charge on any atom is -0.326 e. The van der Waals surface area contributed by atoms with Crippen LogP contribution < -0.4 is 10.9 Å². The Morgan fingerprint density at radius 3 is 2.65 bits per heavy atom. The maximum Gasteiger partial charge on any atom is 0.252 e. The maximum atomic E-state index is 12.2. The van der Waals surface area contributed by atoms with Gasteiger partial charge in [0, 0.05) is 42.0 Å². The molecule has 8 nitrogen and oxygen atoms in total. The van der Waals surface area contributed by atoms with E-state index in [1.165, 1.54) is 6.07 Å². The van der Waals surface area contributed by atoms with Crippen molar-refractivity contribution >= 4 is 11.6 Å². The molecule has 0 aliphatic heterocycles. The van der Waals surface area contributed by atoms with Crippen molar-refractivity contribution in [3.8, 4) is 5.95 Å². The molecule has 3 rings (SSSR count). The van der Waals surface area contributed by atoms with Crippen LogP contribution in [0.3, 0.4) is 0 Å². The number of aromatic amines is 1. The number of hydrogen-bond donors (Lipinski definition) is 2. The topological polar surface area (TPSA) is 106 Å². The molecule has 3 aromatic rings. The van der Waals surface area contributed by atoms with Gasteiger partial charge in [0.1, 0.15) is 0 Å². The van der Waals surface area contributed by atoms with E-state index in [0.29, 0.717) is 24.5 Å². The molecular weight excluding hydrogens is 332 g/mol. The van der Waals surface area contributed by atoms with Crippen LogP contribution in [0.15, 0.2) is 35.4 Å². The Bertz CT molecular complexity index is 991. The van der Waals surface area contributed by atoms with Crippen LogP contribution in [0.5, 0.6) is 0 Å². The fourth-order valence-electron chi connectivity index (χ4n) is 2.80. The highest BCUT2D eigenvalue weighted by atomic mass is 16.1. The molecule has 3 heterocycles. The number of aryl methyl sites for hydroxylation is 2. The minimum atomic E-state index is -0.224. The molecule has 2 N–H and O–H groups in total. The third-order valence-electron chi connectivity index (χ3n) is 4.07. The molecule has 0 aliphatic carbocycles. The molecular formula is C18H20N6O2. The number of anilines is 1. The van der Waals surface area contributed by atoms with Gasteiger partial charge in [-0.25, -0.2) is 9.67 Å². The number of aromatic nitrogens is 5. The number of nitrogens with zero attached hydrogens (tertiary/aromatic N) is 4. The first kappa shape index (κ1) is 17.5. The average Bonchev–Trinajstić information content (AvgIpc) is 2.87. The minimum absolute atomic E-state index is 0.0789. The number of carbonyl (C=O) groups excluding carboxylic acids is 1. The Hall–Kier alpha value is -3.29. The van der Waals surface area contributed by atoms with E-state index in [-0.39, 0.29) is 11.5 Å². The van der Waals surface area contributed by atoms with E-state index in [1.54, 1.807) is 36.1 Å². The number of carbonyl (C=O) groups is 1. The quantitative estimate of drug-likeness (QED) is 0.729. The molecule has 0 aromatic carbocycles. The Labute approximate surface area is 150 Å². The first-order valence-electron chi connectivity index (χ1n) is 8.27. The zero-order valence-electron chi connectivity index (χ0n) is 14.9. The molecule has 134 valence electrons. The van der Waals surface area contributed by atoms with Gasteiger partial charge < -0.3 is 5.32 Å². The lowest BCUT2D eigenvalue weighted by Crippen LogP contribution is -2.15. The van der Waals surface area contributed by atoms with Crippen molar-refractivity contribution in [1.29, 1.82) is 0 Å². The van der Waals surface area contributed by atoms with Crippen LogP contribution in [0.1, 0.15) is 29.1 Å². The smallest absolute Gasteiger partial charge is 0.252 e. The summed E-state index contributed by atoms with van der Waals surface area (Å²) in [5.74, 6) is 0.299. The highest BCUT2D eigenvalue weighted by molar-refractivity contribution is 5.90. The van der Waals surface area contributed by atoms with Gasteiger partial charge in [-0.15, -0.1) is 0 Å². The summed E-state index contributed by atoms with van der Waals surface area (Å²) in [4.78, 5) is 34.8. The van der Waals surface area contributed by atoms with E-state index in [1.807, 2.05) is 13.8 Å².